The molecule has 7 fully saturated rings. The summed E-state index contributed by atoms with van der Waals surface area (Å²) in [5.74, 6) is 0.433. The third kappa shape index (κ3) is 7.41. The Morgan fingerprint density at radius 3 is 2.23 bits per heavy atom. The number of aromatic nitrogens is 2. The number of ether oxygens (including phenoxy) is 2. The molecule has 9 aliphatic rings. The number of carbonyl (C=O) groups is 3. The predicted octanol–water partition coefficient (Wildman–Crippen LogP) is 11.6. The van der Waals surface area contributed by atoms with Crippen LogP contribution < -0.4 is 5.32 Å². The van der Waals surface area contributed by atoms with Gasteiger partial charge in [0.1, 0.15) is 18.2 Å². The van der Waals surface area contributed by atoms with E-state index in [1.165, 1.54) is 49.5 Å². The molecule has 10 nitrogen and oxygen atoms in total. The second kappa shape index (κ2) is 18.1. The average molecular weight is 1010 g/mol. The van der Waals surface area contributed by atoms with Gasteiger partial charge in [-0.15, -0.1) is 0 Å². The van der Waals surface area contributed by atoms with Crippen molar-refractivity contribution >= 4 is 28.9 Å². The number of rotatable bonds is 11. The van der Waals surface area contributed by atoms with Gasteiger partial charge >= 0.3 is 0 Å². The number of epoxide rings is 1. The van der Waals surface area contributed by atoms with Gasteiger partial charge in [-0.2, -0.15) is 0 Å². The number of aliphatic hydroxyl groups is 2. The molecule has 5 saturated carbocycles. The molecule has 4 N–H and O–H groups in total. The van der Waals surface area contributed by atoms with Crippen LogP contribution in [0.25, 0.3) is 11.0 Å². The fraction of sp³-hybridized carbons (Fsp3) is 0.734. The zero-order valence-corrected chi connectivity index (χ0v) is 46.3. The van der Waals surface area contributed by atoms with E-state index in [0.717, 1.165) is 116 Å². The number of ketones is 2. The second-order valence-corrected chi connectivity index (χ2v) is 28.0. The zero-order valence-electron chi connectivity index (χ0n) is 46.3. The maximum atomic E-state index is 15.7. The highest BCUT2D eigenvalue weighted by atomic mass is 16.6. The monoisotopic (exact) mass is 1010 g/mol. The van der Waals surface area contributed by atoms with E-state index in [9.17, 15) is 19.8 Å². The molecule has 12 unspecified atom stereocenters. The first-order chi connectivity index (χ1) is 35.3. The van der Waals surface area contributed by atoms with Crippen molar-refractivity contribution in [2.24, 2.45) is 50.2 Å². The highest BCUT2D eigenvalue weighted by molar-refractivity contribution is 6.02. The molecule has 0 radical (unpaired) electrons. The van der Waals surface area contributed by atoms with Crippen LogP contribution in [0.5, 0.6) is 0 Å². The molecule has 12 rings (SSSR count). The Morgan fingerprint density at radius 1 is 0.878 bits per heavy atom. The van der Waals surface area contributed by atoms with Crippen LogP contribution in [0.1, 0.15) is 210 Å². The van der Waals surface area contributed by atoms with Crippen molar-refractivity contribution in [3.63, 3.8) is 0 Å². The summed E-state index contributed by atoms with van der Waals surface area (Å²) >= 11 is 0. The lowest BCUT2D eigenvalue weighted by Crippen LogP contribution is -2.72. The van der Waals surface area contributed by atoms with Gasteiger partial charge < -0.3 is 39.3 Å². The van der Waals surface area contributed by atoms with E-state index in [0.29, 0.717) is 56.3 Å². The standard InChI is InChI=1S/C64H89N3O7/c1-58(2)57(74-58)48(70)31-59(3)22-16-40-34-66-53-44(46(37-68)43-29-41(38-14-10-9-11-15-38)28-42(30-43)39-18-26-73-27-19-39)35-67(54(40)53)36-45-51-52(59)47(69)32-62(51,6)61(5)23-17-49-60(4,24-25-65-8)50(71)33-64(20-12-13-21-64)63(49,7)56(61)55(45)72/h28-30,34-35,37-39,45-46,48-49,55-57,65-66,70,72H,9-27,31-33,36H2,1-8H3. The largest absolute Gasteiger partial charge is 0.392 e. The van der Waals surface area contributed by atoms with Gasteiger partial charge in [0.2, 0.25) is 0 Å². The van der Waals surface area contributed by atoms with E-state index in [2.05, 4.69) is 80.1 Å². The van der Waals surface area contributed by atoms with Crippen LogP contribution in [0.3, 0.4) is 0 Å². The quantitative estimate of drug-likeness (QED) is 0.110. The lowest BCUT2D eigenvalue weighted by molar-refractivity contribution is -0.261. The van der Waals surface area contributed by atoms with Crippen LogP contribution in [-0.4, -0.2) is 88.3 Å². The number of nitrogens with one attached hydrogen (secondary N) is 2. The number of fused-ring (bicyclic) bond motifs is 5. The topological polar surface area (TPSA) is 146 Å². The van der Waals surface area contributed by atoms with E-state index in [4.69, 9.17) is 9.47 Å². The Bertz CT molecular complexity index is 2710. The molecule has 0 bridgehead atoms. The molecule has 1 spiro atoms. The molecular weight excluding hydrogens is 923 g/mol. The summed E-state index contributed by atoms with van der Waals surface area (Å²) in [5.41, 5.74) is 6.54. The van der Waals surface area contributed by atoms with Crippen LogP contribution >= 0.6 is 0 Å². The lowest BCUT2D eigenvalue weighted by Gasteiger charge is -2.74. The normalized spacial score (nSPS) is 38.7. The molecule has 2 aromatic heterocycles. The third-order valence-corrected chi connectivity index (χ3v) is 24.0. The smallest absolute Gasteiger partial charge is 0.160 e. The maximum absolute atomic E-state index is 15.7. The minimum Gasteiger partial charge on any atom is -0.392 e. The molecule has 3 aliphatic heterocycles. The number of hydrogen-bond acceptors (Lipinski definition) is 8. The fourth-order valence-electron chi connectivity index (χ4n) is 19.8. The van der Waals surface area contributed by atoms with Gasteiger partial charge in [0.05, 0.1) is 34.8 Å². The van der Waals surface area contributed by atoms with Crippen molar-refractivity contribution < 1.29 is 34.1 Å². The summed E-state index contributed by atoms with van der Waals surface area (Å²) < 4.78 is 14.4. The Balaban J connectivity index is 1.04. The van der Waals surface area contributed by atoms with Crippen LogP contribution in [0, 0.1) is 50.2 Å². The molecule has 10 heteroatoms. The van der Waals surface area contributed by atoms with Crippen molar-refractivity contribution in [2.45, 2.75) is 219 Å². The van der Waals surface area contributed by atoms with Gasteiger partial charge in [-0.25, -0.2) is 0 Å². The first kappa shape index (κ1) is 51.4. The van der Waals surface area contributed by atoms with Crippen molar-refractivity contribution in [2.75, 3.05) is 26.8 Å². The van der Waals surface area contributed by atoms with E-state index in [1.54, 1.807) is 0 Å². The molecule has 0 amide bonds. The summed E-state index contributed by atoms with van der Waals surface area (Å²) in [7, 11) is 1.99. The number of benzene rings is 1. The van der Waals surface area contributed by atoms with Crippen molar-refractivity contribution in [3.8, 4) is 0 Å². The molecule has 2 saturated heterocycles. The number of carbonyl (C=O) groups excluding carboxylic acids is 3. The minimum absolute atomic E-state index is 0.0906. The summed E-state index contributed by atoms with van der Waals surface area (Å²) in [6.07, 6.45) is 21.1. The molecule has 402 valence electrons. The Morgan fingerprint density at radius 2 is 1.57 bits per heavy atom. The van der Waals surface area contributed by atoms with E-state index in [1.807, 2.05) is 20.9 Å². The molecule has 12 atom stereocenters. The molecule has 6 aliphatic carbocycles. The van der Waals surface area contributed by atoms with Crippen molar-refractivity contribution in [3.05, 3.63) is 69.6 Å². The Labute approximate surface area is 441 Å². The molecule has 3 aromatic rings. The second-order valence-electron chi connectivity index (χ2n) is 28.0. The van der Waals surface area contributed by atoms with Gasteiger partial charge in [-0.1, -0.05) is 84.9 Å². The van der Waals surface area contributed by atoms with Crippen LogP contribution in [-0.2, 0) is 36.8 Å². The third-order valence-electron chi connectivity index (χ3n) is 24.0. The summed E-state index contributed by atoms with van der Waals surface area (Å²) in [6.45, 7) is 18.7. The van der Waals surface area contributed by atoms with Gasteiger partial charge in [0, 0.05) is 72.9 Å². The van der Waals surface area contributed by atoms with Crippen LogP contribution in [0.15, 0.2) is 41.7 Å². The highest BCUT2D eigenvalue weighted by Gasteiger charge is 2.77. The Hall–Kier alpha value is -3.41. The number of aryl methyl sites for hydroxylation is 1. The van der Waals surface area contributed by atoms with Crippen LogP contribution in [0.2, 0.25) is 0 Å². The summed E-state index contributed by atoms with van der Waals surface area (Å²) in [6, 6.07) is 7.16. The first-order valence-corrected chi connectivity index (χ1v) is 29.6. The SMILES string of the molecule is CNCCC1(C)C(=O)CC2(CCCC2)C2(C)C1CCC1(C)C2C(O)C2Cn3cc(C(C=O)c4cc(C5CCCCC5)cc(C5CCOCC5)c4)c4[nH]cc(c43)CCC(C)(CC(O)C3OC3(C)C)C3=C2C1(C)CC3=O. The number of nitrogens with zero attached hydrogens (tertiary/aromatic N) is 1. The van der Waals surface area contributed by atoms with E-state index in [-0.39, 0.29) is 34.6 Å². The average Bonchev–Trinajstić information content (AvgIpc) is 3.88. The molecule has 74 heavy (non-hydrogen) atoms. The Kier molecular flexibility index (Phi) is 12.5. The fourth-order valence-corrected chi connectivity index (χ4v) is 19.8. The van der Waals surface area contributed by atoms with E-state index < -0.39 is 51.3 Å². The van der Waals surface area contributed by atoms with Crippen molar-refractivity contribution in [1.82, 2.24) is 14.9 Å². The van der Waals surface area contributed by atoms with Gasteiger partial charge in [-0.05, 0) is 178 Å². The number of hydrogen-bond donors (Lipinski definition) is 4. The van der Waals surface area contributed by atoms with E-state index >= 15 is 4.79 Å². The number of aliphatic hydroxyl groups excluding tert-OH is 2. The first-order valence-electron chi connectivity index (χ1n) is 29.6. The number of aldehydes is 1. The molecule has 5 heterocycles. The van der Waals surface area contributed by atoms with Gasteiger partial charge in [-0.3, -0.25) is 9.59 Å². The summed E-state index contributed by atoms with van der Waals surface area (Å²) in [5, 5.41) is 29.9. The number of Topliss-reactive ketones (excluding diaryl/α,β-unsaturated/α-hetero) is 2. The molecule has 1 aromatic carbocycles. The van der Waals surface area contributed by atoms with Gasteiger partial charge in [0.25, 0.3) is 0 Å². The van der Waals surface area contributed by atoms with Crippen molar-refractivity contribution in [1.29, 1.82) is 0 Å². The minimum atomic E-state index is -0.810. The maximum Gasteiger partial charge on any atom is 0.160 e. The number of aromatic amines is 1. The number of allylic oxidation sites excluding steroid dienone is 1. The summed E-state index contributed by atoms with van der Waals surface area (Å²) in [4.78, 5) is 48.5. The predicted molar refractivity (Wildman–Crippen MR) is 289 cm³/mol. The highest BCUT2D eigenvalue weighted by Crippen LogP contribution is 2.80. The van der Waals surface area contributed by atoms with Crippen LogP contribution in [0.4, 0.5) is 0 Å². The number of H-pyrrole nitrogens is 1. The lowest BCUT2D eigenvalue weighted by atomic mass is 9.30. The zero-order chi connectivity index (χ0) is 52.0. The molecular formula is C64H89N3O7. The van der Waals surface area contributed by atoms with Gasteiger partial charge in [0.15, 0.2) is 5.78 Å².